The predicted molar refractivity (Wildman–Crippen MR) is 93.1 cm³/mol. The van der Waals surface area contributed by atoms with Crippen molar-refractivity contribution < 1.29 is 14.3 Å². The molecule has 0 bridgehead atoms. The third-order valence-electron chi connectivity index (χ3n) is 3.52. The van der Waals surface area contributed by atoms with Gasteiger partial charge in [-0.1, -0.05) is 36.4 Å². The molecule has 2 aromatic carbocycles. The van der Waals surface area contributed by atoms with E-state index in [0.29, 0.717) is 18.7 Å². The molecule has 5 heteroatoms. The fourth-order valence-electron chi connectivity index (χ4n) is 2.21. The van der Waals surface area contributed by atoms with Crippen molar-refractivity contribution in [1.82, 2.24) is 10.2 Å². The molecule has 0 heterocycles. The average molecular weight is 326 g/mol. The number of benzene rings is 2. The van der Waals surface area contributed by atoms with Gasteiger partial charge in [-0.2, -0.15) is 0 Å². The molecule has 0 saturated carbocycles. The second-order valence-electron chi connectivity index (χ2n) is 5.49. The summed E-state index contributed by atoms with van der Waals surface area (Å²) in [5.41, 5.74) is 1.62. The summed E-state index contributed by atoms with van der Waals surface area (Å²) in [7, 11) is 1.61. The molecule has 2 aromatic rings. The van der Waals surface area contributed by atoms with Gasteiger partial charge in [-0.15, -0.1) is 0 Å². The van der Waals surface area contributed by atoms with Crippen molar-refractivity contribution in [3.8, 4) is 5.75 Å². The van der Waals surface area contributed by atoms with E-state index in [1.54, 1.807) is 31.3 Å². The molecule has 0 aliphatic carbocycles. The van der Waals surface area contributed by atoms with Gasteiger partial charge in [0.15, 0.2) is 0 Å². The highest BCUT2D eigenvalue weighted by atomic mass is 16.5. The van der Waals surface area contributed by atoms with Crippen LogP contribution in [0.1, 0.15) is 15.9 Å². The van der Waals surface area contributed by atoms with E-state index in [0.717, 1.165) is 11.3 Å². The summed E-state index contributed by atoms with van der Waals surface area (Å²) in [6, 6.07) is 16.6. The number of hydrogen-bond acceptors (Lipinski definition) is 3. The third kappa shape index (κ3) is 5.12. The zero-order valence-electron chi connectivity index (χ0n) is 14.0. The SMILES string of the molecule is Cc1ccccc1OCCNC(=O)CN(C)C(=O)c1ccccc1. The van der Waals surface area contributed by atoms with Crippen molar-refractivity contribution in [2.75, 3.05) is 26.7 Å². The van der Waals surface area contributed by atoms with Gasteiger partial charge in [0.1, 0.15) is 12.4 Å². The molecule has 2 amide bonds. The van der Waals surface area contributed by atoms with E-state index in [9.17, 15) is 9.59 Å². The highest BCUT2D eigenvalue weighted by Gasteiger charge is 2.14. The number of ether oxygens (including phenoxy) is 1. The number of nitrogens with zero attached hydrogens (tertiary/aromatic N) is 1. The van der Waals surface area contributed by atoms with Gasteiger partial charge in [-0.25, -0.2) is 0 Å². The van der Waals surface area contributed by atoms with E-state index >= 15 is 0 Å². The molecule has 0 unspecified atom stereocenters. The maximum Gasteiger partial charge on any atom is 0.254 e. The molecule has 0 aliphatic heterocycles. The maximum absolute atomic E-state index is 12.2. The Labute approximate surface area is 142 Å². The highest BCUT2D eigenvalue weighted by Crippen LogP contribution is 2.15. The Morgan fingerprint density at radius 2 is 1.71 bits per heavy atom. The van der Waals surface area contributed by atoms with Gasteiger partial charge < -0.3 is 15.0 Å². The molecule has 2 rings (SSSR count). The van der Waals surface area contributed by atoms with Gasteiger partial charge >= 0.3 is 0 Å². The molecule has 1 N–H and O–H groups in total. The van der Waals surface area contributed by atoms with E-state index in [1.807, 2.05) is 37.3 Å². The van der Waals surface area contributed by atoms with Gasteiger partial charge in [0.25, 0.3) is 5.91 Å². The molecule has 0 aromatic heterocycles. The van der Waals surface area contributed by atoms with E-state index in [2.05, 4.69) is 5.32 Å². The molecule has 24 heavy (non-hydrogen) atoms. The molecular formula is C19H22N2O3. The lowest BCUT2D eigenvalue weighted by molar-refractivity contribution is -0.121. The van der Waals surface area contributed by atoms with Crippen LogP contribution in [0, 0.1) is 6.92 Å². The molecule has 0 radical (unpaired) electrons. The zero-order valence-corrected chi connectivity index (χ0v) is 14.0. The Bertz CT molecular complexity index is 686. The fraction of sp³-hybridized carbons (Fsp3) is 0.263. The third-order valence-corrected chi connectivity index (χ3v) is 3.52. The lowest BCUT2D eigenvalue weighted by atomic mass is 10.2. The first-order chi connectivity index (χ1) is 11.6. The van der Waals surface area contributed by atoms with E-state index < -0.39 is 0 Å². The van der Waals surface area contributed by atoms with E-state index in [4.69, 9.17) is 4.74 Å². The van der Waals surface area contributed by atoms with Crippen molar-refractivity contribution in [3.05, 3.63) is 65.7 Å². The summed E-state index contributed by atoms with van der Waals surface area (Å²) in [6.45, 7) is 2.75. The van der Waals surface area contributed by atoms with Crippen molar-refractivity contribution in [2.24, 2.45) is 0 Å². The van der Waals surface area contributed by atoms with Gasteiger partial charge in [-0.05, 0) is 30.7 Å². The van der Waals surface area contributed by atoms with Crippen LogP contribution in [0.15, 0.2) is 54.6 Å². The van der Waals surface area contributed by atoms with Gasteiger partial charge in [-0.3, -0.25) is 9.59 Å². The number of likely N-dealkylation sites (N-methyl/N-ethyl adjacent to an activating group) is 1. The second kappa shape index (κ2) is 8.72. The van der Waals surface area contributed by atoms with Crippen LogP contribution >= 0.6 is 0 Å². The van der Waals surface area contributed by atoms with Crippen molar-refractivity contribution in [3.63, 3.8) is 0 Å². The fourth-order valence-corrected chi connectivity index (χ4v) is 2.21. The summed E-state index contributed by atoms with van der Waals surface area (Å²) >= 11 is 0. The van der Waals surface area contributed by atoms with Crippen LogP contribution in [0.4, 0.5) is 0 Å². The first-order valence-corrected chi connectivity index (χ1v) is 7.83. The summed E-state index contributed by atoms with van der Waals surface area (Å²) in [6.07, 6.45) is 0. The summed E-state index contributed by atoms with van der Waals surface area (Å²) in [5.74, 6) is 0.417. The summed E-state index contributed by atoms with van der Waals surface area (Å²) in [5, 5.41) is 2.75. The average Bonchev–Trinajstić information content (AvgIpc) is 2.60. The number of aryl methyl sites for hydroxylation is 1. The van der Waals surface area contributed by atoms with Crippen LogP contribution in [0.5, 0.6) is 5.75 Å². The normalized spacial score (nSPS) is 10.1. The largest absolute Gasteiger partial charge is 0.491 e. The van der Waals surface area contributed by atoms with Crippen LogP contribution in [-0.2, 0) is 4.79 Å². The molecule has 0 saturated heterocycles. The quantitative estimate of drug-likeness (QED) is 0.794. The molecule has 126 valence electrons. The lowest BCUT2D eigenvalue weighted by Gasteiger charge is -2.17. The summed E-state index contributed by atoms with van der Waals surface area (Å²) in [4.78, 5) is 25.5. The second-order valence-corrected chi connectivity index (χ2v) is 5.49. The van der Waals surface area contributed by atoms with Crippen LogP contribution in [0.25, 0.3) is 0 Å². The molecule has 5 nitrogen and oxygen atoms in total. The minimum Gasteiger partial charge on any atom is -0.491 e. The number of para-hydroxylation sites is 1. The lowest BCUT2D eigenvalue weighted by Crippen LogP contribution is -2.39. The van der Waals surface area contributed by atoms with Crippen LogP contribution in [0.2, 0.25) is 0 Å². The summed E-state index contributed by atoms with van der Waals surface area (Å²) < 4.78 is 5.61. The highest BCUT2D eigenvalue weighted by molar-refractivity contribution is 5.96. The smallest absolute Gasteiger partial charge is 0.254 e. The minimum absolute atomic E-state index is 0.0120. The van der Waals surface area contributed by atoms with Crippen molar-refractivity contribution in [1.29, 1.82) is 0 Å². The maximum atomic E-state index is 12.2. The minimum atomic E-state index is -0.213. The Hall–Kier alpha value is -2.82. The first kappa shape index (κ1) is 17.5. The predicted octanol–water partition coefficient (Wildman–Crippen LogP) is 2.26. The molecule has 0 spiro atoms. The zero-order chi connectivity index (χ0) is 17.4. The topological polar surface area (TPSA) is 58.6 Å². The van der Waals surface area contributed by atoms with Gasteiger partial charge in [0.2, 0.25) is 5.91 Å². The number of carbonyl (C=O) groups excluding carboxylic acids is 2. The van der Waals surface area contributed by atoms with Crippen LogP contribution < -0.4 is 10.1 Å². The standard InChI is InChI=1S/C19H22N2O3/c1-15-8-6-7-11-17(15)24-13-12-20-18(22)14-21(2)19(23)16-9-4-3-5-10-16/h3-11H,12-14H2,1-2H3,(H,20,22). The van der Waals surface area contributed by atoms with Gasteiger partial charge in [0.05, 0.1) is 13.1 Å². The van der Waals surface area contributed by atoms with Crippen LogP contribution in [0.3, 0.4) is 0 Å². The molecular weight excluding hydrogens is 304 g/mol. The number of carbonyl (C=O) groups is 2. The Kier molecular flexibility index (Phi) is 6.37. The Balaban J connectivity index is 1.71. The van der Waals surface area contributed by atoms with Gasteiger partial charge in [0, 0.05) is 12.6 Å². The van der Waals surface area contributed by atoms with Crippen molar-refractivity contribution >= 4 is 11.8 Å². The van der Waals surface area contributed by atoms with E-state index in [1.165, 1.54) is 4.90 Å². The first-order valence-electron chi connectivity index (χ1n) is 7.83. The number of rotatable bonds is 7. The molecule has 0 atom stereocenters. The Morgan fingerprint density at radius 3 is 2.42 bits per heavy atom. The molecule has 0 aliphatic rings. The number of nitrogens with one attached hydrogen (secondary N) is 1. The molecule has 0 fully saturated rings. The van der Waals surface area contributed by atoms with Crippen LogP contribution in [-0.4, -0.2) is 43.5 Å². The number of amides is 2. The monoisotopic (exact) mass is 326 g/mol. The van der Waals surface area contributed by atoms with Crippen molar-refractivity contribution in [2.45, 2.75) is 6.92 Å². The number of hydrogen-bond donors (Lipinski definition) is 1. The van der Waals surface area contributed by atoms with E-state index in [-0.39, 0.29) is 18.4 Å². The Morgan fingerprint density at radius 1 is 1.04 bits per heavy atom.